The Morgan fingerprint density at radius 3 is 2.48 bits per heavy atom. The molecule has 0 unspecified atom stereocenters. The quantitative estimate of drug-likeness (QED) is 0.859. The molecule has 1 N–H and O–H groups in total. The molecule has 0 bridgehead atoms. The summed E-state index contributed by atoms with van der Waals surface area (Å²) >= 11 is 0. The van der Waals surface area contributed by atoms with Gasteiger partial charge < -0.3 is 9.84 Å². The molecule has 0 aliphatic heterocycles. The predicted octanol–water partition coefficient (Wildman–Crippen LogP) is 1.34. The smallest absolute Gasteiger partial charge is 0.251 e. The molecule has 0 aliphatic rings. The van der Waals surface area contributed by atoms with E-state index in [2.05, 4.69) is 10.5 Å². The van der Waals surface area contributed by atoms with Gasteiger partial charge >= 0.3 is 0 Å². The van der Waals surface area contributed by atoms with Crippen LogP contribution in [0.1, 0.15) is 21.8 Å². The average molecular weight is 337 g/mol. The second kappa shape index (κ2) is 6.93. The Morgan fingerprint density at radius 2 is 1.91 bits per heavy atom. The lowest BCUT2D eigenvalue weighted by molar-refractivity contribution is 0.0952. The highest BCUT2D eigenvalue weighted by atomic mass is 32.2. The fourth-order valence-corrected chi connectivity index (χ4v) is 3.59. The van der Waals surface area contributed by atoms with Crippen LogP contribution in [0.3, 0.4) is 0 Å². The molecule has 2 aromatic rings. The molecule has 23 heavy (non-hydrogen) atoms. The summed E-state index contributed by atoms with van der Waals surface area (Å²) in [5.74, 6) is 0.0106. The normalized spacial score (nSPS) is 11.7. The highest BCUT2D eigenvalue weighted by Crippen LogP contribution is 2.21. The Kier molecular flexibility index (Phi) is 5.17. The standard InChI is InChI=1S/C15H19N3O4S/c1-11-14(12(2)22-17-11)23(20,21)18(3)10-9-16-15(19)13-7-5-4-6-8-13/h4-8H,9-10H2,1-3H3,(H,16,19). The first-order valence-electron chi connectivity index (χ1n) is 7.06. The van der Waals surface area contributed by atoms with E-state index in [1.807, 2.05) is 6.07 Å². The highest BCUT2D eigenvalue weighted by Gasteiger charge is 2.28. The number of aryl methyl sites for hydroxylation is 2. The number of sulfonamides is 1. The lowest BCUT2D eigenvalue weighted by Crippen LogP contribution is -2.36. The summed E-state index contributed by atoms with van der Waals surface area (Å²) in [7, 11) is -2.24. The number of amides is 1. The van der Waals surface area contributed by atoms with Gasteiger partial charge in [-0.3, -0.25) is 4.79 Å². The number of rotatable bonds is 6. The van der Waals surface area contributed by atoms with Gasteiger partial charge in [0.25, 0.3) is 5.91 Å². The second-order valence-corrected chi connectivity index (χ2v) is 7.08. The van der Waals surface area contributed by atoms with E-state index in [1.165, 1.54) is 11.4 Å². The van der Waals surface area contributed by atoms with E-state index in [-0.39, 0.29) is 29.7 Å². The van der Waals surface area contributed by atoms with Crippen LogP contribution in [-0.4, -0.2) is 43.9 Å². The zero-order valence-electron chi connectivity index (χ0n) is 13.2. The summed E-state index contributed by atoms with van der Waals surface area (Å²) in [5, 5.41) is 6.35. The zero-order chi connectivity index (χ0) is 17.0. The molecule has 2 rings (SSSR count). The van der Waals surface area contributed by atoms with Crippen molar-refractivity contribution in [1.29, 1.82) is 0 Å². The number of benzene rings is 1. The molecule has 8 heteroatoms. The van der Waals surface area contributed by atoms with Gasteiger partial charge in [-0.15, -0.1) is 0 Å². The maximum atomic E-state index is 12.5. The third kappa shape index (κ3) is 3.77. The van der Waals surface area contributed by atoms with Gasteiger partial charge in [-0.1, -0.05) is 23.4 Å². The third-order valence-electron chi connectivity index (χ3n) is 3.38. The summed E-state index contributed by atoms with van der Waals surface area (Å²) in [6.07, 6.45) is 0. The summed E-state index contributed by atoms with van der Waals surface area (Å²) < 4.78 is 31.1. The molecule has 1 aromatic heterocycles. The summed E-state index contributed by atoms with van der Waals surface area (Å²) in [6.45, 7) is 3.48. The fourth-order valence-electron chi connectivity index (χ4n) is 2.14. The Labute approximate surface area is 135 Å². The van der Waals surface area contributed by atoms with Crippen LogP contribution in [0.2, 0.25) is 0 Å². The molecule has 0 saturated carbocycles. The van der Waals surface area contributed by atoms with Crippen LogP contribution in [-0.2, 0) is 10.0 Å². The van der Waals surface area contributed by atoms with Crippen LogP contribution in [0, 0.1) is 13.8 Å². The number of aromatic nitrogens is 1. The van der Waals surface area contributed by atoms with Crippen molar-refractivity contribution in [2.75, 3.05) is 20.1 Å². The van der Waals surface area contributed by atoms with Gasteiger partial charge in [0.15, 0.2) is 5.76 Å². The number of carbonyl (C=O) groups excluding carboxylic acids is 1. The molecule has 0 aliphatic carbocycles. The maximum absolute atomic E-state index is 12.5. The molecule has 0 radical (unpaired) electrons. The van der Waals surface area contributed by atoms with E-state index in [4.69, 9.17) is 4.52 Å². The van der Waals surface area contributed by atoms with Gasteiger partial charge in [0.05, 0.1) is 0 Å². The average Bonchev–Trinajstić information content (AvgIpc) is 2.87. The highest BCUT2D eigenvalue weighted by molar-refractivity contribution is 7.89. The van der Waals surface area contributed by atoms with Crippen LogP contribution in [0.4, 0.5) is 0 Å². The fraction of sp³-hybridized carbons (Fsp3) is 0.333. The van der Waals surface area contributed by atoms with Crippen LogP contribution in [0.5, 0.6) is 0 Å². The molecule has 1 amide bonds. The van der Waals surface area contributed by atoms with Crippen molar-refractivity contribution in [2.45, 2.75) is 18.7 Å². The van der Waals surface area contributed by atoms with E-state index in [0.29, 0.717) is 11.3 Å². The van der Waals surface area contributed by atoms with Gasteiger partial charge in [-0.05, 0) is 26.0 Å². The molecule has 0 atom stereocenters. The maximum Gasteiger partial charge on any atom is 0.251 e. The summed E-state index contributed by atoms with van der Waals surface area (Å²) in [4.78, 5) is 12.0. The zero-order valence-corrected chi connectivity index (χ0v) is 14.1. The SMILES string of the molecule is Cc1noc(C)c1S(=O)(=O)N(C)CCNC(=O)c1ccccc1. The molecule has 0 saturated heterocycles. The lowest BCUT2D eigenvalue weighted by atomic mass is 10.2. The first-order chi connectivity index (χ1) is 10.8. The Hall–Kier alpha value is -2.19. The van der Waals surface area contributed by atoms with E-state index in [0.717, 1.165) is 0 Å². The minimum Gasteiger partial charge on any atom is -0.360 e. The number of hydrogen-bond acceptors (Lipinski definition) is 5. The summed E-state index contributed by atoms with van der Waals surface area (Å²) in [5.41, 5.74) is 0.853. The minimum absolute atomic E-state index is 0.0781. The Morgan fingerprint density at radius 1 is 1.26 bits per heavy atom. The van der Waals surface area contributed by atoms with E-state index < -0.39 is 10.0 Å². The topological polar surface area (TPSA) is 92.5 Å². The van der Waals surface area contributed by atoms with Crippen LogP contribution < -0.4 is 5.32 Å². The Balaban J connectivity index is 1.97. The van der Waals surface area contributed by atoms with Crippen LogP contribution in [0.15, 0.2) is 39.8 Å². The van der Waals surface area contributed by atoms with Crippen molar-refractivity contribution in [3.05, 3.63) is 47.3 Å². The van der Waals surface area contributed by atoms with Crippen molar-refractivity contribution in [3.63, 3.8) is 0 Å². The number of likely N-dealkylation sites (N-methyl/N-ethyl adjacent to an activating group) is 1. The number of carbonyl (C=O) groups is 1. The molecule has 0 fully saturated rings. The molecule has 7 nitrogen and oxygen atoms in total. The second-order valence-electron chi connectivity index (χ2n) is 5.10. The first kappa shape index (κ1) is 17.2. The van der Waals surface area contributed by atoms with Crippen molar-refractivity contribution in [2.24, 2.45) is 0 Å². The Bertz CT molecular complexity index is 765. The van der Waals surface area contributed by atoms with Gasteiger partial charge in [-0.25, -0.2) is 8.42 Å². The largest absolute Gasteiger partial charge is 0.360 e. The van der Waals surface area contributed by atoms with Gasteiger partial charge in [0, 0.05) is 25.7 Å². The van der Waals surface area contributed by atoms with Crippen molar-refractivity contribution in [3.8, 4) is 0 Å². The summed E-state index contributed by atoms with van der Waals surface area (Å²) in [6, 6.07) is 8.74. The molecule has 0 spiro atoms. The van der Waals surface area contributed by atoms with Crippen molar-refractivity contribution >= 4 is 15.9 Å². The van der Waals surface area contributed by atoms with Crippen LogP contribution in [0.25, 0.3) is 0 Å². The molecular formula is C15H19N3O4S. The monoisotopic (exact) mass is 337 g/mol. The number of hydrogen-bond donors (Lipinski definition) is 1. The third-order valence-corrected chi connectivity index (χ3v) is 5.49. The van der Waals surface area contributed by atoms with E-state index >= 15 is 0 Å². The first-order valence-corrected chi connectivity index (χ1v) is 8.50. The predicted molar refractivity (Wildman–Crippen MR) is 84.6 cm³/mol. The molecule has 124 valence electrons. The number of nitrogens with zero attached hydrogens (tertiary/aromatic N) is 2. The molecule has 1 aromatic carbocycles. The van der Waals surface area contributed by atoms with Gasteiger partial charge in [0.2, 0.25) is 10.0 Å². The van der Waals surface area contributed by atoms with E-state index in [1.54, 1.807) is 38.1 Å². The van der Waals surface area contributed by atoms with Crippen molar-refractivity contribution in [1.82, 2.24) is 14.8 Å². The van der Waals surface area contributed by atoms with Gasteiger partial charge in [-0.2, -0.15) is 4.31 Å². The van der Waals surface area contributed by atoms with Crippen LogP contribution >= 0.6 is 0 Å². The van der Waals surface area contributed by atoms with Gasteiger partial charge in [0.1, 0.15) is 10.6 Å². The lowest BCUT2D eigenvalue weighted by Gasteiger charge is -2.17. The minimum atomic E-state index is -3.69. The molecule has 1 heterocycles. The number of nitrogens with one attached hydrogen (secondary N) is 1. The molecular weight excluding hydrogens is 318 g/mol. The van der Waals surface area contributed by atoms with Crippen molar-refractivity contribution < 1.29 is 17.7 Å². The van der Waals surface area contributed by atoms with E-state index in [9.17, 15) is 13.2 Å².